The molecule has 2 heterocycles. The molecule has 0 atom stereocenters. The third kappa shape index (κ3) is 2.78. The highest BCUT2D eigenvalue weighted by Gasteiger charge is 2.19. The number of para-hydroxylation sites is 1. The van der Waals surface area contributed by atoms with E-state index in [1.54, 1.807) is 12.1 Å². The summed E-state index contributed by atoms with van der Waals surface area (Å²) in [7, 11) is 0. The molecule has 0 bridgehead atoms. The number of nitrogens with zero attached hydrogens (tertiary/aromatic N) is 1. The standard InChI is InChI=1S/C15H14ClN3O2/c1-9-7-10(8-18-14(9)16)19-15(20)11-3-2-4-12-13(11)21-6-5-17-12/h2-4,7-8,17H,5-6H2,1H3,(H,19,20). The molecule has 6 heteroatoms. The number of benzene rings is 1. The molecule has 2 N–H and O–H groups in total. The van der Waals surface area contributed by atoms with Crippen LogP contribution in [0.4, 0.5) is 11.4 Å². The monoisotopic (exact) mass is 303 g/mol. The van der Waals surface area contributed by atoms with Gasteiger partial charge in [0.15, 0.2) is 5.75 Å². The Labute approximate surface area is 127 Å². The van der Waals surface area contributed by atoms with Crippen molar-refractivity contribution in [2.24, 2.45) is 0 Å². The summed E-state index contributed by atoms with van der Waals surface area (Å²) in [6.45, 7) is 3.11. The highest BCUT2D eigenvalue weighted by molar-refractivity contribution is 6.30. The van der Waals surface area contributed by atoms with E-state index in [0.29, 0.717) is 28.8 Å². The van der Waals surface area contributed by atoms with Gasteiger partial charge in [0.25, 0.3) is 5.91 Å². The maximum Gasteiger partial charge on any atom is 0.259 e. The number of hydrogen-bond donors (Lipinski definition) is 2. The Morgan fingerprint density at radius 2 is 2.33 bits per heavy atom. The molecule has 0 unspecified atom stereocenters. The highest BCUT2D eigenvalue weighted by Crippen LogP contribution is 2.31. The first-order valence-corrected chi connectivity index (χ1v) is 6.96. The number of pyridine rings is 1. The molecule has 1 aliphatic rings. The topological polar surface area (TPSA) is 63.2 Å². The molecule has 0 spiro atoms. The molecule has 0 fully saturated rings. The number of nitrogens with one attached hydrogen (secondary N) is 2. The van der Waals surface area contributed by atoms with Gasteiger partial charge in [-0.15, -0.1) is 0 Å². The van der Waals surface area contributed by atoms with E-state index >= 15 is 0 Å². The van der Waals surface area contributed by atoms with Crippen LogP contribution < -0.4 is 15.4 Å². The lowest BCUT2D eigenvalue weighted by molar-refractivity contribution is 0.102. The minimum atomic E-state index is -0.237. The van der Waals surface area contributed by atoms with Gasteiger partial charge in [-0.1, -0.05) is 17.7 Å². The van der Waals surface area contributed by atoms with E-state index in [4.69, 9.17) is 16.3 Å². The Balaban J connectivity index is 1.87. The van der Waals surface area contributed by atoms with Crippen molar-refractivity contribution in [2.75, 3.05) is 23.8 Å². The van der Waals surface area contributed by atoms with E-state index in [1.807, 2.05) is 19.1 Å². The van der Waals surface area contributed by atoms with Crippen molar-refractivity contribution in [2.45, 2.75) is 6.92 Å². The molecule has 1 amide bonds. The number of halogens is 1. The molecule has 1 aliphatic heterocycles. The summed E-state index contributed by atoms with van der Waals surface area (Å²) in [6, 6.07) is 7.22. The van der Waals surface area contributed by atoms with E-state index in [2.05, 4.69) is 15.6 Å². The molecule has 1 aromatic heterocycles. The second-order valence-electron chi connectivity index (χ2n) is 4.74. The minimum Gasteiger partial charge on any atom is -0.489 e. The van der Waals surface area contributed by atoms with Crippen LogP contribution in [0.2, 0.25) is 5.15 Å². The van der Waals surface area contributed by atoms with E-state index in [-0.39, 0.29) is 5.91 Å². The first-order valence-electron chi connectivity index (χ1n) is 6.58. The molecule has 21 heavy (non-hydrogen) atoms. The maximum atomic E-state index is 12.4. The molecule has 108 valence electrons. The number of rotatable bonds is 2. The quantitative estimate of drug-likeness (QED) is 0.837. The Bertz CT molecular complexity index is 703. The second kappa shape index (κ2) is 5.61. The molecule has 3 rings (SSSR count). The maximum absolute atomic E-state index is 12.4. The molecule has 5 nitrogen and oxygen atoms in total. The van der Waals surface area contributed by atoms with Crippen LogP contribution in [0.25, 0.3) is 0 Å². The number of ether oxygens (including phenoxy) is 1. The zero-order valence-corrected chi connectivity index (χ0v) is 12.2. The summed E-state index contributed by atoms with van der Waals surface area (Å²) in [6.07, 6.45) is 1.53. The number of hydrogen-bond acceptors (Lipinski definition) is 4. The van der Waals surface area contributed by atoms with Crippen LogP contribution in [0, 0.1) is 6.92 Å². The normalized spacial score (nSPS) is 12.9. The first kappa shape index (κ1) is 13.7. The van der Waals surface area contributed by atoms with Gasteiger partial charge in [-0.25, -0.2) is 4.98 Å². The predicted molar refractivity (Wildman–Crippen MR) is 82.4 cm³/mol. The van der Waals surface area contributed by atoms with Crippen LogP contribution >= 0.6 is 11.6 Å². The summed E-state index contributed by atoms with van der Waals surface area (Å²) in [5.74, 6) is 0.346. The fourth-order valence-corrected chi connectivity index (χ4v) is 2.28. The van der Waals surface area contributed by atoms with E-state index < -0.39 is 0 Å². The third-order valence-corrected chi connectivity index (χ3v) is 3.59. The number of fused-ring (bicyclic) bond motifs is 1. The molecular weight excluding hydrogens is 290 g/mol. The summed E-state index contributed by atoms with van der Waals surface area (Å²) in [5, 5.41) is 6.44. The van der Waals surface area contributed by atoms with Gasteiger partial charge in [0.1, 0.15) is 11.8 Å². The lowest BCUT2D eigenvalue weighted by Gasteiger charge is -2.21. The molecule has 0 saturated carbocycles. The fraction of sp³-hybridized carbons (Fsp3) is 0.200. The fourth-order valence-electron chi connectivity index (χ4n) is 2.17. The minimum absolute atomic E-state index is 0.237. The van der Waals surface area contributed by atoms with Gasteiger partial charge in [-0.05, 0) is 30.7 Å². The van der Waals surface area contributed by atoms with Gasteiger partial charge in [0, 0.05) is 6.54 Å². The lowest BCUT2D eigenvalue weighted by atomic mass is 10.1. The summed E-state index contributed by atoms with van der Waals surface area (Å²) < 4.78 is 5.60. The van der Waals surface area contributed by atoms with Crippen molar-refractivity contribution in [1.82, 2.24) is 4.98 Å². The summed E-state index contributed by atoms with van der Waals surface area (Å²) in [5.41, 5.74) is 2.73. The Morgan fingerprint density at radius 1 is 1.48 bits per heavy atom. The molecule has 0 radical (unpaired) electrons. The molecular formula is C15H14ClN3O2. The SMILES string of the molecule is Cc1cc(NC(=O)c2cccc3c2OCCN3)cnc1Cl. The second-order valence-corrected chi connectivity index (χ2v) is 5.10. The zero-order valence-electron chi connectivity index (χ0n) is 11.4. The van der Waals surface area contributed by atoms with Crippen LogP contribution in [-0.4, -0.2) is 24.0 Å². The number of amides is 1. The predicted octanol–water partition coefficient (Wildman–Crippen LogP) is 3.10. The van der Waals surface area contributed by atoms with Gasteiger partial charge in [-0.3, -0.25) is 4.79 Å². The van der Waals surface area contributed by atoms with Crippen LogP contribution in [0.1, 0.15) is 15.9 Å². The van der Waals surface area contributed by atoms with Crippen molar-refractivity contribution in [3.05, 3.63) is 46.7 Å². The molecule has 2 aromatic rings. The Kier molecular flexibility index (Phi) is 3.66. The van der Waals surface area contributed by atoms with Crippen LogP contribution in [0.5, 0.6) is 5.75 Å². The molecule has 0 saturated heterocycles. The van der Waals surface area contributed by atoms with E-state index in [9.17, 15) is 4.79 Å². The number of aryl methyl sites for hydroxylation is 1. The Hall–Kier alpha value is -2.27. The van der Waals surface area contributed by atoms with Gasteiger partial charge >= 0.3 is 0 Å². The zero-order chi connectivity index (χ0) is 14.8. The van der Waals surface area contributed by atoms with Crippen LogP contribution in [0.15, 0.2) is 30.5 Å². The summed E-state index contributed by atoms with van der Waals surface area (Å²) >= 11 is 5.88. The van der Waals surface area contributed by atoms with Crippen LogP contribution in [-0.2, 0) is 0 Å². The number of carbonyl (C=O) groups excluding carboxylic acids is 1. The largest absolute Gasteiger partial charge is 0.489 e. The van der Waals surface area contributed by atoms with Gasteiger partial charge in [0.05, 0.1) is 23.1 Å². The van der Waals surface area contributed by atoms with Crippen molar-refractivity contribution in [3.63, 3.8) is 0 Å². The average Bonchev–Trinajstić information content (AvgIpc) is 2.50. The third-order valence-electron chi connectivity index (χ3n) is 3.20. The molecule has 1 aromatic carbocycles. The number of aromatic nitrogens is 1. The molecule has 0 aliphatic carbocycles. The summed E-state index contributed by atoms with van der Waals surface area (Å²) in [4.78, 5) is 16.4. The first-order chi connectivity index (χ1) is 10.1. The van der Waals surface area contributed by atoms with Crippen molar-refractivity contribution < 1.29 is 9.53 Å². The van der Waals surface area contributed by atoms with E-state index in [1.165, 1.54) is 6.20 Å². The van der Waals surface area contributed by atoms with Crippen molar-refractivity contribution in [1.29, 1.82) is 0 Å². The van der Waals surface area contributed by atoms with E-state index in [0.717, 1.165) is 17.8 Å². The average molecular weight is 304 g/mol. The van der Waals surface area contributed by atoms with Crippen molar-refractivity contribution in [3.8, 4) is 5.75 Å². The van der Waals surface area contributed by atoms with Gasteiger partial charge in [0.2, 0.25) is 0 Å². The lowest BCUT2D eigenvalue weighted by Crippen LogP contribution is -2.22. The Morgan fingerprint density at radius 3 is 3.14 bits per heavy atom. The highest BCUT2D eigenvalue weighted by atomic mass is 35.5. The van der Waals surface area contributed by atoms with Gasteiger partial charge < -0.3 is 15.4 Å². The van der Waals surface area contributed by atoms with Gasteiger partial charge in [-0.2, -0.15) is 0 Å². The van der Waals surface area contributed by atoms with Crippen LogP contribution in [0.3, 0.4) is 0 Å². The van der Waals surface area contributed by atoms with Crippen molar-refractivity contribution >= 4 is 28.9 Å². The number of anilines is 2. The number of carbonyl (C=O) groups is 1. The smallest absolute Gasteiger partial charge is 0.259 e.